The van der Waals surface area contributed by atoms with E-state index in [1.54, 1.807) is 0 Å². The lowest BCUT2D eigenvalue weighted by molar-refractivity contribution is 0.390. The second-order valence-corrected chi connectivity index (χ2v) is 5.16. The molecule has 0 bridgehead atoms. The molecule has 1 heterocycles. The van der Waals surface area contributed by atoms with E-state index in [4.69, 9.17) is 4.42 Å². The fourth-order valence-corrected chi connectivity index (χ4v) is 2.20. The molecule has 92 valence electrons. The minimum atomic E-state index is 0.308. The van der Waals surface area contributed by atoms with Crippen LogP contribution in [0.5, 0.6) is 0 Å². The van der Waals surface area contributed by atoms with Crippen LogP contribution in [-0.2, 0) is 0 Å². The number of hydrogen-bond donors (Lipinski definition) is 1. The summed E-state index contributed by atoms with van der Waals surface area (Å²) in [6.45, 7) is 6.57. The average Bonchev–Trinajstić information content (AvgIpc) is 2.68. The highest BCUT2D eigenvalue weighted by Crippen LogP contribution is 2.28. The Labute approximate surface area is 103 Å². The molecule has 0 amide bonds. The molecule has 2 heteroatoms. The SMILES string of the molecule is CNC(CC(C)C)c1cc2cc(C)ccc2o1. The van der Waals surface area contributed by atoms with Crippen LogP contribution in [-0.4, -0.2) is 7.05 Å². The predicted octanol–water partition coefficient (Wildman–Crippen LogP) is 4.05. The van der Waals surface area contributed by atoms with E-state index in [0.29, 0.717) is 12.0 Å². The molecule has 1 aromatic heterocycles. The van der Waals surface area contributed by atoms with Gasteiger partial charge in [-0.2, -0.15) is 0 Å². The van der Waals surface area contributed by atoms with Crippen LogP contribution in [0.25, 0.3) is 11.0 Å². The van der Waals surface area contributed by atoms with E-state index < -0.39 is 0 Å². The first kappa shape index (κ1) is 12.2. The van der Waals surface area contributed by atoms with Crippen molar-refractivity contribution in [2.45, 2.75) is 33.2 Å². The molecule has 0 aliphatic rings. The van der Waals surface area contributed by atoms with Gasteiger partial charge in [0.25, 0.3) is 0 Å². The number of furan rings is 1. The van der Waals surface area contributed by atoms with E-state index in [1.807, 2.05) is 7.05 Å². The Hall–Kier alpha value is -1.28. The third-order valence-electron chi connectivity index (χ3n) is 3.09. The molecule has 2 rings (SSSR count). The van der Waals surface area contributed by atoms with E-state index in [1.165, 1.54) is 10.9 Å². The molecular weight excluding hydrogens is 210 g/mol. The zero-order valence-electron chi connectivity index (χ0n) is 11.1. The van der Waals surface area contributed by atoms with Crippen LogP contribution in [0.3, 0.4) is 0 Å². The van der Waals surface area contributed by atoms with Crippen LogP contribution < -0.4 is 5.32 Å². The molecule has 0 radical (unpaired) electrons. The third kappa shape index (κ3) is 2.70. The molecule has 1 N–H and O–H groups in total. The van der Waals surface area contributed by atoms with Crippen molar-refractivity contribution in [3.8, 4) is 0 Å². The zero-order chi connectivity index (χ0) is 12.4. The van der Waals surface area contributed by atoms with Crippen molar-refractivity contribution in [1.82, 2.24) is 5.32 Å². The van der Waals surface area contributed by atoms with E-state index in [-0.39, 0.29) is 0 Å². The lowest BCUT2D eigenvalue weighted by Gasteiger charge is -2.15. The summed E-state index contributed by atoms with van der Waals surface area (Å²) in [4.78, 5) is 0. The number of benzene rings is 1. The Kier molecular flexibility index (Phi) is 3.53. The number of aryl methyl sites for hydroxylation is 1. The number of hydrogen-bond acceptors (Lipinski definition) is 2. The molecule has 2 aromatic rings. The van der Waals surface area contributed by atoms with E-state index in [0.717, 1.165) is 17.8 Å². The van der Waals surface area contributed by atoms with Crippen LogP contribution in [0.2, 0.25) is 0 Å². The number of fused-ring (bicyclic) bond motifs is 1. The Balaban J connectivity index is 2.34. The Morgan fingerprint density at radius 3 is 2.65 bits per heavy atom. The van der Waals surface area contributed by atoms with Gasteiger partial charge in [0.1, 0.15) is 11.3 Å². The highest BCUT2D eigenvalue weighted by Gasteiger charge is 2.15. The summed E-state index contributed by atoms with van der Waals surface area (Å²) < 4.78 is 5.91. The average molecular weight is 231 g/mol. The van der Waals surface area contributed by atoms with Crippen molar-refractivity contribution in [2.24, 2.45) is 5.92 Å². The summed E-state index contributed by atoms with van der Waals surface area (Å²) in [7, 11) is 1.99. The van der Waals surface area contributed by atoms with Crippen LogP contribution >= 0.6 is 0 Å². The number of nitrogens with one attached hydrogen (secondary N) is 1. The van der Waals surface area contributed by atoms with Gasteiger partial charge in [0.2, 0.25) is 0 Å². The molecule has 0 aliphatic heterocycles. The van der Waals surface area contributed by atoms with Gasteiger partial charge >= 0.3 is 0 Å². The Bertz CT molecular complexity index is 499. The first-order valence-corrected chi connectivity index (χ1v) is 6.27. The first-order valence-electron chi connectivity index (χ1n) is 6.27. The normalized spacial score (nSPS) is 13.5. The number of rotatable bonds is 4. The summed E-state index contributed by atoms with van der Waals surface area (Å²) in [5, 5.41) is 4.53. The fraction of sp³-hybridized carbons (Fsp3) is 0.467. The molecule has 0 saturated carbocycles. The molecule has 2 nitrogen and oxygen atoms in total. The minimum absolute atomic E-state index is 0.308. The van der Waals surface area contributed by atoms with Gasteiger partial charge in [-0.25, -0.2) is 0 Å². The second kappa shape index (κ2) is 4.92. The first-order chi connectivity index (χ1) is 8.10. The Morgan fingerprint density at radius 2 is 2.00 bits per heavy atom. The maximum absolute atomic E-state index is 5.91. The highest BCUT2D eigenvalue weighted by molar-refractivity contribution is 5.78. The van der Waals surface area contributed by atoms with Crippen LogP contribution in [0.4, 0.5) is 0 Å². The van der Waals surface area contributed by atoms with Gasteiger partial charge in [-0.1, -0.05) is 25.5 Å². The molecule has 0 spiro atoms. The standard InChI is InChI=1S/C15H21NO/c1-10(2)7-13(16-4)15-9-12-8-11(3)5-6-14(12)17-15/h5-6,8-10,13,16H,7H2,1-4H3. The highest BCUT2D eigenvalue weighted by atomic mass is 16.3. The molecular formula is C15H21NO. The predicted molar refractivity (Wildman–Crippen MR) is 72.2 cm³/mol. The van der Waals surface area contributed by atoms with Crippen molar-refractivity contribution < 1.29 is 4.42 Å². The van der Waals surface area contributed by atoms with Crippen molar-refractivity contribution in [2.75, 3.05) is 7.05 Å². The maximum Gasteiger partial charge on any atom is 0.134 e. The third-order valence-corrected chi connectivity index (χ3v) is 3.09. The van der Waals surface area contributed by atoms with Crippen LogP contribution in [0.1, 0.15) is 37.6 Å². The van der Waals surface area contributed by atoms with E-state index in [2.05, 4.69) is 50.4 Å². The summed E-state index contributed by atoms with van der Waals surface area (Å²) in [5.41, 5.74) is 2.25. The summed E-state index contributed by atoms with van der Waals surface area (Å²) in [6.07, 6.45) is 1.09. The topological polar surface area (TPSA) is 25.2 Å². The van der Waals surface area contributed by atoms with E-state index >= 15 is 0 Å². The fourth-order valence-electron chi connectivity index (χ4n) is 2.20. The summed E-state index contributed by atoms with van der Waals surface area (Å²) >= 11 is 0. The van der Waals surface area contributed by atoms with Gasteiger partial charge in [-0.3, -0.25) is 0 Å². The lowest BCUT2D eigenvalue weighted by Crippen LogP contribution is -2.17. The van der Waals surface area contributed by atoms with Crippen molar-refractivity contribution in [3.05, 3.63) is 35.6 Å². The summed E-state index contributed by atoms with van der Waals surface area (Å²) in [6, 6.07) is 8.78. The molecule has 1 aromatic carbocycles. The van der Waals surface area contributed by atoms with Gasteiger partial charge in [0.15, 0.2) is 0 Å². The van der Waals surface area contributed by atoms with Crippen LogP contribution in [0, 0.1) is 12.8 Å². The molecule has 1 atom stereocenters. The molecule has 0 saturated heterocycles. The quantitative estimate of drug-likeness (QED) is 0.858. The van der Waals surface area contributed by atoms with Crippen molar-refractivity contribution in [1.29, 1.82) is 0 Å². The molecule has 0 fully saturated rings. The van der Waals surface area contributed by atoms with Gasteiger partial charge in [0, 0.05) is 5.39 Å². The van der Waals surface area contributed by atoms with Gasteiger partial charge in [-0.15, -0.1) is 0 Å². The monoisotopic (exact) mass is 231 g/mol. The molecule has 17 heavy (non-hydrogen) atoms. The summed E-state index contributed by atoms with van der Waals surface area (Å²) in [5.74, 6) is 1.70. The molecule has 1 unspecified atom stereocenters. The minimum Gasteiger partial charge on any atom is -0.459 e. The van der Waals surface area contributed by atoms with Crippen molar-refractivity contribution >= 4 is 11.0 Å². The largest absolute Gasteiger partial charge is 0.459 e. The Morgan fingerprint density at radius 1 is 1.24 bits per heavy atom. The molecule has 0 aliphatic carbocycles. The van der Waals surface area contributed by atoms with Gasteiger partial charge in [-0.05, 0) is 44.5 Å². The van der Waals surface area contributed by atoms with E-state index in [9.17, 15) is 0 Å². The van der Waals surface area contributed by atoms with Crippen molar-refractivity contribution in [3.63, 3.8) is 0 Å². The smallest absolute Gasteiger partial charge is 0.134 e. The lowest BCUT2D eigenvalue weighted by atomic mass is 10.0. The maximum atomic E-state index is 5.91. The van der Waals surface area contributed by atoms with Gasteiger partial charge < -0.3 is 9.73 Å². The second-order valence-electron chi connectivity index (χ2n) is 5.16. The zero-order valence-corrected chi connectivity index (χ0v) is 11.1. The van der Waals surface area contributed by atoms with Gasteiger partial charge in [0.05, 0.1) is 6.04 Å². The van der Waals surface area contributed by atoms with Crippen LogP contribution in [0.15, 0.2) is 28.7 Å².